The topological polar surface area (TPSA) is 19.4 Å². The van der Waals surface area contributed by atoms with Crippen LogP contribution in [-0.4, -0.2) is 42.1 Å². The van der Waals surface area contributed by atoms with Gasteiger partial charge < -0.3 is 4.90 Å². The standard InChI is InChI=1S/C13H20ClN3/c1-11(2)16-5-7-17(8-6-16)13-3-4-15-10-12(13)9-14/h3-4,10-11H,5-9H2,1-2H3. The van der Waals surface area contributed by atoms with Gasteiger partial charge >= 0.3 is 0 Å². The molecule has 4 heteroatoms. The number of pyridine rings is 1. The van der Waals surface area contributed by atoms with Gasteiger partial charge in [0.25, 0.3) is 0 Å². The fourth-order valence-corrected chi connectivity index (χ4v) is 2.52. The molecule has 94 valence electrons. The maximum absolute atomic E-state index is 5.95. The average Bonchev–Trinajstić information content (AvgIpc) is 2.39. The van der Waals surface area contributed by atoms with Gasteiger partial charge in [0.2, 0.25) is 0 Å². The summed E-state index contributed by atoms with van der Waals surface area (Å²) in [5, 5.41) is 0. The van der Waals surface area contributed by atoms with E-state index in [1.807, 2.05) is 12.4 Å². The van der Waals surface area contributed by atoms with Gasteiger partial charge in [-0.1, -0.05) is 0 Å². The van der Waals surface area contributed by atoms with E-state index in [2.05, 4.69) is 34.7 Å². The number of aromatic nitrogens is 1. The van der Waals surface area contributed by atoms with E-state index < -0.39 is 0 Å². The van der Waals surface area contributed by atoms with Gasteiger partial charge in [-0.15, -0.1) is 11.6 Å². The Morgan fingerprint density at radius 2 is 2.00 bits per heavy atom. The first kappa shape index (κ1) is 12.7. The highest BCUT2D eigenvalue weighted by Gasteiger charge is 2.20. The van der Waals surface area contributed by atoms with E-state index in [0.717, 1.165) is 31.7 Å². The second-order valence-corrected chi connectivity index (χ2v) is 5.02. The summed E-state index contributed by atoms with van der Waals surface area (Å²) in [6.45, 7) is 8.92. The third-order valence-electron chi connectivity index (χ3n) is 3.41. The van der Waals surface area contributed by atoms with Gasteiger partial charge in [0.1, 0.15) is 0 Å². The third-order valence-corrected chi connectivity index (χ3v) is 3.69. The third kappa shape index (κ3) is 2.90. The van der Waals surface area contributed by atoms with Crippen LogP contribution in [0.1, 0.15) is 19.4 Å². The van der Waals surface area contributed by atoms with Gasteiger partial charge in [-0.25, -0.2) is 0 Å². The predicted octanol–water partition coefficient (Wildman–Crippen LogP) is 2.35. The van der Waals surface area contributed by atoms with Crippen LogP contribution >= 0.6 is 11.6 Å². The zero-order chi connectivity index (χ0) is 12.3. The van der Waals surface area contributed by atoms with Crippen molar-refractivity contribution in [1.29, 1.82) is 0 Å². The van der Waals surface area contributed by atoms with Crippen molar-refractivity contribution in [3.63, 3.8) is 0 Å². The van der Waals surface area contributed by atoms with Crippen LogP contribution in [0.3, 0.4) is 0 Å². The Labute approximate surface area is 108 Å². The van der Waals surface area contributed by atoms with Gasteiger partial charge in [0, 0.05) is 55.9 Å². The van der Waals surface area contributed by atoms with Crippen LogP contribution in [0.15, 0.2) is 18.5 Å². The maximum Gasteiger partial charge on any atom is 0.0509 e. The van der Waals surface area contributed by atoms with Crippen LogP contribution in [0.25, 0.3) is 0 Å². The molecule has 0 atom stereocenters. The molecule has 3 nitrogen and oxygen atoms in total. The summed E-state index contributed by atoms with van der Waals surface area (Å²) in [5.41, 5.74) is 2.38. The normalized spacial score (nSPS) is 17.8. The highest BCUT2D eigenvalue weighted by molar-refractivity contribution is 6.17. The molecule has 1 saturated heterocycles. The molecule has 1 aromatic rings. The van der Waals surface area contributed by atoms with Crippen molar-refractivity contribution in [3.8, 4) is 0 Å². The van der Waals surface area contributed by atoms with E-state index in [9.17, 15) is 0 Å². The predicted molar refractivity (Wildman–Crippen MR) is 72.7 cm³/mol. The smallest absolute Gasteiger partial charge is 0.0509 e. The van der Waals surface area contributed by atoms with Gasteiger partial charge in [0.15, 0.2) is 0 Å². The van der Waals surface area contributed by atoms with Crippen LogP contribution < -0.4 is 4.90 Å². The van der Waals surface area contributed by atoms with Crippen molar-refractivity contribution in [2.45, 2.75) is 25.8 Å². The molecule has 0 aromatic carbocycles. The van der Waals surface area contributed by atoms with E-state index in [0.29, 0.717) is 11.9 Å². The summed E-state index contributed by atoms with van der Waals surface area (Å²) < 4.78 is 0. The Morgan fingerprint density at radius 1 is 1.29 bits per heavy atom. The fourth-order valence-electron chi connectivity index (χ4n) is 2.31. The molecular weight excluding hydrogens is 234 g/mol. The molecule has 0 aliphatic carbocycles. The minimum atomic E-state index is 0.535. The van der Waals surface area contributed by atoms with Gasteiger partial charge in [-0.05, 0) is 19.9 Å². The van der Waals surface area contributed by atoms with Crippen LogP contribution in [-0.2, 0) is 5.88 Å². The summed E-state index contributed by atoms with van der Waals surface area (Å²) in [6, 6.07) is 2.71. The number of alkyl halides is 1. The van der Waals surface area contributed by atoms with Crippen LogP contribution in [0.2, 0.25) is 0 Å². The number of hydrogen-bond donors (Lipinski definition) is 0. The Hall–Kier alpha value is -0.800. The molecule has 0 N–H and O–H groups in total. The number of rotatable bonds is 3. The molecule has 1 aliphatic heterocycles. The fraction of sp³-hybridized carbons (Fsp3) is 0.615. The molecule has 0 radical (unpaired) electrons. The summed E-state index contributed by atoms with van der Waals surface area (Å²) >= 11 is 5.95. The molecule has 17 heavy (non-hydrogen) atoms. The quantitative estimate of drug-likeness (QED) is 0.771. The van der Waals surface area contributed by atoms with Crippen molar-refractivity contribution >= 4 is 17.3 Å². The summed E-state index contributed by atoms with van der Waals surface area (Å²) in [7, 11) is 0. The van der Waals surface area contributed by atoms with Crippen molar-refractivity contribution in [3.05, 3.63) is 24.0 Å². The molecule has 0 spiro atoms. The molecule has 0 saturated carbocycles. The Morgan fingerprint density at radius 3 is 2.59 bits per heavy atom. The summed E-state index contributed by atoms with van der Waals surface area (Å²) in [5.74, 6) is 0.535. The largest absolute Gasteiger partial charge is 0.369 e. The maximum atomic E-state index is 5.95. The van der Waals surface area contributed by atoms with Crippen molar-refractivity contribution in [2.75, 3.05) is 31.1 Å². The molecule has 1 fully saturated rings. The highest BCUT2D eigenvalue weighted by Crippen LogP contribution is 2.22. The monoisotopic (exact) mass is 253 g/mol. The lowest BCUT2D eigenvalue weighted by Crippen LogP contribution is -2.49. The van der Waals surface area contributed by atoms with E-state index in [4.69, 9.17) is 11.6 Å². The zero-order valence-electron chi connectivity index (χ0n) is 10.6. The molecular formula is C13H20ClN3. The Kier molecular flexibility index (Phi) is 4.24. The van der Waals surface area contributed by atoms with Crippen molar-refractivity contribution in [1.82, 2.24) is 9.88 Å². The lowest BCUT2D eigenvalue weighted by atomic mass is 10.2. The van der Waals surface area contributed by atoms with E-state index in [1.165, 1.54) is 5.69 Å². The highest BCUT2D eigenvalue weighted by atomic mass is 35.5. The van der Waals surface area contributed by atoms with Crippen LogP contribution in [0.5, 0.6) is 0 Å². The van der Waals surface area contributed by atoms with Gasteiger partial charge in [-0.2, -0.15) is 0 Å². The number of anilines is 1. The lowest BCUT2D eigenvalue weighted by molar-refractivity contribution is 0.209. The molecule has 1 aliphatic rings. The van der Waals surface area contributed by atoms with E-state index >= 15 is 0 Å². The summed E-state index contributed by atoms with van der Waals surface area (Å²) in [6.07, 6.45) is 3.72. The second-order valence-electron chi connectivity index (χ2n) is 4.75. The molecule has 0 unspecified atom stereocenters. The van der Waals surface area contributed by atoms with Crippen molar-refractivity contribution < 1.29 is 0 Å². The lowest BCUT2D eigenvalue weighted by Gasteiger charge is -2.38. The first-order chi connectivity index (χ1) is 8.22. The minimum absolute atomic E-state index is 0.535. The molecule has 2 rings (SSSR count). The number of halogens is 1. The van der Waals surface area contributed by atoms with Crippen molar-refractivity contribution in [2.24, 2.45) is 0 Å². The molecule has 2 heterocycles. The second kappa shape index (κ2) is 5.69. The number of piperazine rings is 1. The number of hydrogen-bond acceptors (Lipinski definition) is 3. The average molecular weight is 254 g/mol. The number of nitrogens with zero attached hydrogens (tertiary/aromatic N) is 3. The SMILES string of the molecule is CC(C)N1CCN(c2ccncc2CCl)CC1. The minimum Gasteiger partial charge on any atom is -0.369 e. The van der Waals surface area contributed by atoms with E-state index in [1.54, 1.807) is 0 Å². The molecule has 1 aromatic heterocycles. The molecule has 0 bridgehead atoms. The van der Waals surface area contributed by atoms with Crippen LogP contribution in [0.4, 0.5) is 5.69 Å². The first-order valence-corrected chi connectivity index (χ1v) is 6.73. The van der Waals surface area contributed by atoms with Gasteiger partial charge in [-0.3, -0.25) is 9.88 Å². The van der Waals surface area contributed by atoms with Gasteiger partial charge in [0.05, 0.1) is 5.88 Å². The zero-order valence-corrected chi connectivity index (χ0v) is 11.3. The molecule has 0 amide bonds. The van der Waals surface area contributed by atoms with Crippen LogP contribution in [0, 0.1) is 0 Å². The summed E-state index contributed by atoms with van der Waals surface area (Å²) in [4.78, 5) is 9.06. The Bertz CT molecular complexity index is 359. The Balaban J connectivity index is 2.05. The first-order valence-electron chi connectivity index (χ1n) is 6.20. The van der Waals surface area contributed by atoms with E-state index in [-0.39, 0.29) is 0 Å².